The Morgan fingerprint density at radius 3 is 2.48 bits per heavy atom. The number of carboxylic acids is 1. The van der Waals surface area contributed by atoms with E-state index in [2.05, 4.69) is 19.1 Å². The van der Waals surface area contributed by atoms with Gasteiger partial charge in [-0.05, 0) is 43.7 Å². The normalized spacial score (nSPS) is 11.1. The first-order chi connectivity index (χ1) is 10.0. The zero-order valence-electron chi connectivity index (χ0n) is 12.1. The van der Waals surface area contributed by atoms with Crippen molar-refractivity contribution in [1.82, 2.24) is 0 Å². The summed E-state index contributed by atoms with van der Waals surface area (Å²) in [6.07, 6.45) is 0. The van der Waals surface area contributed by atoms with Crippen molar-refractivity contribution in [3.63, 3.8) is 0 Å². The van der Waals surface area contributed by atoms with Gasteiger partial charge in [0.2, 0.25) is 0 Å². The van der Waals surface area contributed by atoms with Crippen LogP contribution in [0.2, 0.25) is 0 Å². The monoisotopic (exact) mass is 286 g/mol. The number of rotatable bonds is 3. The van der Waals surface area contributed by atoms with Gasteiger partial charge in [-0.1, -0.05) is 23.8 Å². The number of carboxylic acid groups (broad SMARTS) is 1. The molecule has 0 saturated carbocycles. The van der Waals surface area contributed by atoms with Gasteiger partial charge in [-0.3, -0.25) is 0 Å². The van der Waals surface area contributed by atoms with Crippen LogP contribution in [0.4, 0.5) is 0 Å². The Kier molecular flexibility index (Phi) is 4.82. The molecule has 0 saturated heterocycles. The van der Waals surface area contributed by atoms with Crippen LogP contribution in [0, 0.1) is 13.8 Å². The van der Waals surface area contributed by atoms with E-state index in [1.807, 2.05) is 25.1 Å². The van der Waals surface area contributed by atoms with Gasteiger partial charge in [-0.25, -0.2) is 4.79 Å². The molecule has 0 radical (unpaired) electrons. The summed E-state index contributed by atoms with van der Waals surface area (Å²) >= 11 is 0. The third kappa shape index (κ3) is 4.53. The van der Waals surface area contributed by atoms with Gasteiger partial charge in [-0.15, -0.1) is 0 Å². The molecule has 0 atom stereocenters. The largest absolute Gasteiger partial charge is 0.488 e. The quantitative estimate of drug-likeness (QED) is 0.940. The van der Waals surface area contributed by atoms with Crippen molar-refractivity contribution in [2.45, 2.75) is 20.5 Å². The molecule has 0 unspecified atom stereocenters. The summed E-state index contributed by atoms with van der Waals surface area (Å²) in [6.45, 7) is 4.53. The summed E-state index contributed by atoms with van der Waals surface area (Å²) in [7, 11) is 0. The first-order valence-electron chi connectivity index (χ1n) is 6.68. The predicted molar refractivity (Wildman–Crippen MR) is 79.8 cm³/mol. The third-order valence-electron chi connectivity index (χ3n) is 2.95. The lowest BCUT2D eigenvalue weighted by atomic mass is 10.1. The topological polar surface area (TPSA) is 55.8 Å². The van der Waals surface area contributed by atoms with Gasteiger partial charge >= 0.3 is 5.97 Å². The molecule has 2 aromatic carbocycles. The molecule has 1 aliphatic heterocycles. The molecular formula is C17H18O4. The number of aryl methyl sites for hydroxylation is 2. The lowest BCUT2D eigenvalue weighted by molar-refractivity contribution is -0.139. The van der Waals surface area contributed by atoms with Crippen molar-refractivity contribution in [2.24, 2.45) is 0 Å². The van der Waals surface area contributed by atoms with Crippen LogP contribution >= 0.6 is 0 Å². The molecule has 1 aliphatic rings. The molecule has 4 nitrogen and oxygen atoms in total. The average Bonchev–Trinajstić information content (AvgIpc) is 2.41. The summed E-state index contributed by atoms with van der Waals surface area (Å²) in [5.41, 5.74) is 3.71. The van der Waals surface area contributed by atoms with E-state index >= 15 is 0 Å². The van der Waals surface area contributed by atoms with Gasteiger partial charge < -0.3 is 14.6 Å². The number of hydrogen-bond donors (Lipinski definition) is 1. The molecule has 1 N–H and O–H groups in total. The molecule has 21 heavy (non-hydrogen) atoms. The highest BCUT2D eigenvalue weighted by Crippen LogP contribution is 2.28. The fourth-order valence-electron chi connectivity index (χ4n) is 1.89. The second-order valence-electron chi connectivity index (χ2n) is 4.90. The molecule has 0 aliphatic carbocycles. The van der Waals surface area contributed by atoms with E-state index in [0.29, 0.717) is 5.75 Å². The van der Waals surface area contributed by atoms with Crippen LogP contribution in [-0.2, 0) is 11.4 Å². The summed E-state index contributed by atoms with van der Waals surface area (Å²) < 4.78 is 10.1. The number of benzene rings is 2. The lowest BCUT2D eigenvalue weighted by Crippen LogP contribution is -2.09. The Bertz CT molecular complexity index is 634. The number of fused-ring (bicyclic) bond motifs is 1. The van der Waals surface area contributed by atoms with Crippen LogP contribution in [0.1, 0.15) is 16.7 Å². The second-order valence-corrected chi connectivity index (χ2v) is 4.90. The Hall–Kier alpha value is -2.49. The van der Waals surface area contributed by atoms with Gasteiger partial charge in [0.1, 0.15) is 18.1 Å². The van der Waals surface area contributed by atoms with Crippen molar-refractivity contribution in [3.8, 4) is 11.5 Å². The van der Waals surface area contributed by atoms with E-state index in [4.69, 9.17) is 14.6 Å². The summed E-state index contributed by atoms with van der Waals surface area (Å²) in [5.74, 6) is 0.689. The van der Waals surface area contributed by atoms with Crippen LogP contribution in [-0.4, -0.2) is 17.7 Å². The van der Waals surface area contributed by atoms with Crippen LogP contribution in [0.5, 0.6) is 11.5 Å². The number of hydrogen-bond acceptors (Lipinski definition) is 3. The molecule has 0 aromatic heterocycles. The summed E-state index contributed by atoms with van der Waals surface area (Å²) in [6, 6.07) is 13.5. The van der Waals surface area contributed by atoms with Gasteiger partial charge in [0.25, 0.3) is 0 Å². The van der Waals surface area contributed by atoms with Crippen molar-refractivity contribution >= 4 is 5.97 Å². The fourth-order valence-corrected chi connectivity index (χ4v) is 1.89. The molecule has 0 fully saturated rings. The number of ether oxygens (including phenoxy) is 2. The Morgan fingerprint density at radius 2 is 1.95 bits per heavy atom. The van der Waals surface area contributed by atoms with Crippen molar-refractivity contribution in [1.29, 1.82) is 0 Å². The number of aliphatic carboxylic acids is 1. The number of carbonyl (C=O) groups is 1. The highest BCUT2D eigenvalue weighted by atomic mass is 16.5. The SMILES string of the molecule is Cc1ccc2c(c1)CO2.Cc1cccc(OCC(=O)O)c1. The molecule has 0 bridgehead atoms. The molecule has 3 rings (SSSR count). The van der Waals surface area contributed by atoms with Crippen LogP contribution in [0.25, 0.3) is 0 Å². The first-order valence-corrected chi connectivity index (χ1v) is 6.68. The molecule has 0 spiro atoms. The predicted octanol–water partition coefficient (Wildman–Crippen LogP) is 3.35. The maximum absolute atomic E-state index is 10.1. The second kappa shape index (κ2) is 6.79. The van der Waals surface area contributed by atoms with Gasteiger partial charge in [0.15, 0.2) is 6.61 Å². The molecular weight excluding hydrogens is 268 g/mol. The van der Waals surface area contributed by atoms with E-state index in [1.165, 1.54) is 11.1 Å². The Balaban J connectivity index is 0.000000159. The van der Waals surface area contributed by atoms with E-state index in [0.717, 1.165) is 17.9 Å². The minimum Gasteiger partial charge on any atom is -0.488 e. The van der Waals surface area contributed by atoms with Gasteiger partial charge in [0.05, 0.1) is 0 Å². The zero-order valence-corrected chi connectivity index (χ0v) is 12.1. The molecule has 0 amide bonds. The molecule has 1 heterocycles. The van der Waals surface area contributed by atoms with Crippen LogP contribution in [0.15, 0.2) is 42.5 Å². The Morgan fingerprint density at radius 1 is 1.19 bits per heavy atom. The zero-order chi connectivity index (χ0) is 15.2. The maximum atomic E-state index is 10.1. The van der Waals surface area contributed by atoms with Crippen molar-refractivity contribution < 1.29 is 19.4 Å². The summed E-state index contributed by atoms with van der Waals surface area (Å²) in [5, 5.41) is 8.32. The molecule has 2 aromatic rings. The van der Waals surface area contributed by atoms with E-state index in [-0.39, 0.29) is 6.61 Å². The standard InChI is InChI=1S/C9H10O3.C8H8O/c1-7-3-2-4-8(5-7)12-6-9(10)11;1-6-2-3-8-7(4-6)5-9-8/h2-5H,6H2,1H3,(H,10,11);2-4H,5H2,1H3. The molecule has 110 valence electrons. The fraction of sp³-hybridized carbons (Fsp3) is 0.235. The van der Waals surface area contributed by atoms with Crippen LogP contribution < -0.4 is 9.47 Å². The highest BCUT2D eigenvalue weighted by molar-refractivity contribution is 5.68. The van der Waals surface area contributed by atoms with Crippen LogP contribution in [0.3, 0.4) is 0 Å². The minimum absolute atomic E-state index is 0.288. The minimum atomic E-state index is -0.962. The lowest BCUT2D eigenvalue weighted by Gasteiger charge is -2.19. The van der Waals surface area contributed by atoms with E-state index in [1.54, 1.807) is 12.1 Å². The smallest absolute Gasteiger partial charge is 0.341 e. The van der Waals surface area contributed by atoms with Gasteiger partial charge in [-0.2, -0.15) is 0 Å². The van der Waals surface area contributed by atoms with Gasteiger partial charge in [0, 0.05) is 5.56 Å². The summed E-state index contributed by atoms with van der Waals surface area (Å²) in [4.78, 5) is 10.1. The third-order valence-corrected chi connectivity index (χ3v) is 2.95. The molecule has 4 heteroatoms. The van der Waals surface area contributed by atoms with E-state index < -0.39 is 5.97 Å². The van der Waals surface area contributed by atoms with Crippen molar-refractivity contribution in [3.05, 3.63) is 59.2 Å². The Labute approximate surface area is 123 Å². The van der Waals surface area contributed by atoms with Crippen molar-refractivity contribution in [2.75, 3.05) is 6.61 Å². The van der Waals surface area contributed by atoms with E-state index in [9.17, 15) is 4.79 Å². The average molecular weight is 286 g/mol. The first kappa shape index (κ1) is 14.9. The maximum Gasteiger partial charge on any atom is 0.341 e. The highest BCUT2D eigenvalue weighted by Gasteiger charge is 2.12.